The van der Waals surface area contributed by atoms with Crippen molar-refractivity contribution in [1.82, 2.24) is 24.9 Å². The Kier molecular flexibility index (Phi) is 24.1. The first-order valence-corrected chi connectivity index (χ1v) is 44.8. The molecule has 0 radical (unpaired) electrons. The smallest absolute Gasteiger partial charge is 0.151 e. The van der Waals surface area contributed by atoms with Crippen LogP contribution in [0.2, 0.25) is 0 Å². The molecule has 5 aromatic heterocycles. The van der Waals surface area contributed by atoms with Crippen molar-refractivity contribution in [1.29, 1.82) is 26.3 Å². The monoisotopic (exact) mass is 1810 g/mol. The molecule has 25 rings (SSSR count). The summed E-state index contributed by atoms with van der Waals surface area (Å²) in [5, 5.41) is 46.2. The second-order valence-electron chi connectivity index (χ2n) is 32.3. The lowest BCUT2D eigenvalue weighted by Crippen LogP contribution is -2.15. The fourth-order valence-electron chi connectivity index (χ4n) is 17.4. The van der Waals surface area contributed by atoms with Gasteiger partial charge in [-0.25, -0.2) is 9.97 Å². The summed E-state index contributed by atoms with van der Waals surface area (Å²) in [6, 6.07) is 148. The van der Waals surface area contributed by atoms with E-state index in [2.05, 4.69) is 165 Å². The zero-order valence-corrected chi connectivity index (χ0v) is 74.6. The van der Waals surface area contributed by atoms with Crippen molar-refractivity contribution >= 4 is 85.3 Å². The summed E-state index contributed by atoms with van der Waals surface area (Å²) in [5.74, 6) is 8.17. The molecule has 20 heteroatoms. The summed E-state index contributed by atoms with van der Waals surface area (Å²) in [6.45, 7) is 0. The first-order valence-electron chi connectivity index (χ1n) is 44.8. The van der Waals surface area contributed by atoms with Gasteiger partial charge in [0, 0.05) is 87.9 Å². The predicted octanol–water partition coefficient (Wildman–Crippen LogP) is 31.0. The number of anilines is 15. The molecule has 0 unspecified atom stereocenters. The molecule has 5 aliphatic rings. The molecular formula is C120H75N15O5. The number of ether oxygens (including phenoxy) is 5. The number of nitriles is 5. The van der Waals surface area contributed by atoms with Gasteiger partial charge in [-0.2, -0.15) is 26.3 Å². The summed E-state index contributed by atoms with van der Waals surface area (Å²) in [7, 11) is 0. The average Bonchev–Trinajstić information content (AvgIpc) is 0.773. The summed E-state index contributed by atoms with van der Waals surface area (Å²) >= 11 is 0. The highest BCUT2D eigenvalue weighted by Gasteiger charge is 2.32. The Morgan fingerprint density at radius 2 is 0.536 bits per heavy atom. The lowest BCUT2D eigenvalue weighted by Gasteiger charge is -2.33. The van der Waals surface area contributed by atoms with Crippen molar-refractivity contribution in [3.05, 3.63) is 484 Å². The van der Waals surface area contributed by atoms with Crippen LogP contribution in [0.3, 0.4) is 0 Å². The molecule has 15 aromatic carbocycles. The molecule has 0 aliphatic carbocycles. The van der Waals surface area contributed by atoms with Gasteiger partial charge >= 0.3 is 0 Å². The van der Waals surface area contributed by atoms with Crippen LogP contribution in [-0.4, -0.2) is 24.9 Å². The van der Waals surface area contributed by atoms with Gasteiger partial charge in [-0.05, 0) is 259 Å². The van der Waals surface area contributed by atoms with E-state index in [0.717, 1.165) is 193 Å². The van der Waals surface area contributed by atoms with Gasteiger partial charge in [0.15, 0.2) is 57.5 Å². The van der Waals surface area contributed by atoms with Crippen LogP contribution in [-0.2, 0) is 0 Å². The Labute approximate surface area is 807 Å². The SMILES string of the molecule is N#Cc1cc(-c2cccc(N3c4ccccc4Oc4ccccc43)c2)ccn1.N#Cc1ccc(-c2cccc(N3c4ccccc4Oc4ccccc43)c2)cn1.N#Cc1cccnc1-c1cccc(N2c3ccccc3Oc3ccccc32)c1.N#Cc1ccnc(-c2cccc(N3c4ccccc4Oc4ccccc43)c2)c1.N#Cc1cnccc1-c1cccc(N2c3ccccc3Oc3ccccc32)c1. The molecule has 660 valence electrons. The van der Waals surface area contributed by atoms with E-state index < -0.39 is 0 Å². The molecule has 20 nitrogen and oxygen atoms in total. The largest absolute Gasteiger partial charge is 0.453 e. The van der Waals surface area contributed by atoms with Crippen LogP contribution >= 0.6 is 0 Å². The highest BCUT2D eigenvalue weighted by Crippen LogP contribution is 2.57. The molecular weight excluding hydrogens is 1730 g/mol. The van der Waals surface area contributed by atoms with E-state index in [9.17, 15) is 15.8 Å². The van der Waals surface area contributed by atoms with Gasteiger partial charge in [0.25, 0.3) is 0 Å². The molecule has 5 aliphatic heterocycles. The van der Waals surface area contributed by atoms with E-state index in [-0.39, 0.29) is 0 Å². The third-order valence-corrected chi connectivity index (χ3v) is 23.7. The second-order valence-corrected chi connectivity index (χ2v) is 32.3. The van der Waals surface area contributed by atoms with E-state index in [1.165, 1.54) is 0 Å². The molecule has 0 saturated heterocycles. The number of hydrogen-bond donors (Lipinski definition) is 0. The minimum Gasteiger partial charge on any atom is -0.453 e. The maximum Gasteiger partial charge on any atom is 0.151 e. The lowest BCUT2D eigenvalue weighted by molar-refractivity contribution is 0.477. The predicted molar refractivity (Wildman–Crippen MR) is 546 cm³/mol. The quantitative estimate of drug-likeness (QED) is 0.123. The number of para-hydroxylation sites is 20. The molecule has 10 heterocycles. The maximum absolute atomic E-state index is 9.44. The first kappa shape index (κ1) is 86.2. The van der Waals surface area contributed by atoms with Gasteiger partial charge in [-0.1, -0.05) is 182 Å². The summed E-state index contributed by atoms with van der Waals surface area (Å²) in [6.07, 6.45) is 10.1. The number of fused-ring (bicyclic) bond motifs is 10. The number of hydrogen-bond acceptors (Lipinski definition) is 20. The van der Waals surface area contributed by atoms with Crippen molar-refractivity contribution < 1.29 is 23.7 Å². The molecule has 0 spiro atoms. The van der Waals surface area contributed by atoms with E-state index in [1.807, 2.05) is 297 Å². The number of benzene rings is 15. The van der Waals surface area contributed by atoms with Crippen LogP contribution in [0.25, 0.3) is 55.9 Å². The minimum absolute atomic E-state index is 0.407. The number of rotatable bonds is 10. The molecule has 0 amide bonds. The highest BCUT2D eigenvalue weighted by molar-refractivity contribution is 5.94. The van der Waals surface area contributed by atoms with Crippen molar-refractivity contribution in [2.75, 3.05) is 24.5 Å². The molecule has 0 fully saturated rings. The van der Waals surface area contributed by atoms with Crippen LogP contribution in [0, 0.1) is 56.7 Å². The molecule has 140 heavy (non-hydrogen) atoms. The van der Waals surface area contributed by atoms with Gasteiger partial charge in [0.1, 0.15) is 35.7 Å². The van der Waals surface area contributed by atoms with Crippen molar-refractivity contribution in [2.24, 2.45) is 0 Å². The zero-order chi connectivity index (χ0) is 94.6. The Balaban J connectivity index is 0.000000104. The minimum atomic E-state index is 0.407. The normalized spacial score (nSPS) is 11.8. The topological polar surface area (TPSA) is 246 Å². The fourth-order valence-corrected chi connectivity index (χ4v) is 17.4. The van der Waals surface area contributed by atoms with Crippen LogP contribution < -0.4 is 48.2 Å². The summed E-state index contributed by atoms with van der Waals surface area (Å²) < 4.78 is 30.4. The average molecular weight is 1810 g/mol. The number of pyridine rings is 5. The number of aromatic nitrogens is 5. The maximum atomic E-state index is 9.44. The number of nitrogens with zero attached hydrogens (tertiary/aromatic N) is 15. The van der Waals surface area contributed by atoms with Gasteiger partial charge in [-0.15, -0.1) is 0 Å². The molecule has 0 bridgehead atoms. The van der Waals surface area contributed by atoms with Gasteiger partial charge in [0.05, 0.1) is 91.0 Å². The Morgan fingerprint density at radius 1 is 0.200 bits per heavy atom. The van der Waals surface area contributed by atoms with Crippen LogP contribution in [0.5, 0.6) is 57.5 Å². The molecule has 20 aromatic rings. The van der Waals surface area contributed by atoms with Crippen LogP contribution in [0.4, 0.5) is 85.3 Å². The van der Waals surface area contributed by atoms with Gasteiger partial charge < -0.3 is 48.2 Å². The van der Waals surface area contributed by atoms with Crippen LogP contribution in [0.1, 0.15) is 28.1 Å². The lowest BCUT2D eigenvalue weighted by atomic mass is 10.0. The highest BCUT2D eigenvalue weighted by atomic mass is 16.5. The van der Waals surface area contributed by atoms with Crippen molar-refractivity contribution in [3.63, 3.8) is 0 Å². The molecule has 0 atom stereocenters. The zero-order valence-electron chi connectivity index (χ0n) is 74.6. The Hall–Kier alpha value is -20.5. The third kappa shape index (κ3) is 17.5. The van der Waals surface area contributed by atoms with E-state index >= 15 is 0 Å². The van der Waals surface area contributed by atoms with Crippen LogP contribution in [0.15, 0.2) is 456 Å². The van der Waals surface area contributed by atoms with Crippen molar-refractivity contribution in [2.45, 2.75) is 0 Å². The third-order valence-electron chi connectivity index (χ3n) is 23.7. The Morgan fingerprint density at radius 3 is 0.907 bits per heavy atom. The van der Waals surface area contributed by atoms with Gasteiger partial charge in [-0.3, -0.25) is 15.0 Å². The summed E-state index contributed by atoms with van der Waals surface area (Å²) in [5.41, 5.74) is 26.6. The van der Waals surface area contributed by atoms with E-state index in [4.69, 9.17) is 34.2 Å². The molecule has 0 N–H and O–H groups in total. The van der Waals surface area contributed by atoms with E-state index in [0.29, 0.717) is 33.8 Å². The van der Waals surface area contributed by atoms with Crippen molar-refractivity contribution in [3.8, 4) is 144 Å². The summed E-state index contributed by atoms with van der Waals surface area (Å²) in [4.78, 5) is 32.1. The fraction of sp³-hybridized carbons (Fsp3) is 0. The Bertz CT molecular complexity index is 7750. The standard InChI is InChI=1S/5C24H15N3O/c25-16-18-8-6-14-26-24(18)17-7-5-9-19(15-17)27-20-10-1-3-12-22(20)28-23-13-4-2-11-21(23)27;25-16-17-12-13-26-20(14-17)18-6-5-7-19(15-18)27-21-8-1-3-10-23(21)28-24-11-4-2-9-22(24)27;25-16-19-14-18(12-13-26-19)17-6-5-7-20(15-17)27-21-8-1-3-10-23(21)28-24-11-4-2-9-22(24)27;25-15-18-16-26-13-12-20(18)17-6-5-7-19(14-17)27-21-8-1-3-10-23(21)28-24-11-4-2-9-22(24)27;25-15-19-13-12-18(16-26-19)17-6-5-7-20(14-17)27-21-8-1-3-10-23(21)28-24-11-4-2-9-22(24)27/h3*1-15H;2*1-14,16H. The molecule has 0 saturated carbocycles. The van der Waals surface area contributed by atoms with E-state index in [1.54, 1.807) is 73.6 Å². The second kappa shape index (κ2) is 39.1. The van der Waals surface area contributed by atoms with Gasteiger partial charge in [0.2, 0.25) is 0 Å². The first-order chi connectivity index (χ1) is 69.2.